The van der Waals surface area contributed by atoms with Gasteiger partial charge < -0.3 is 10.2 Å². The standard InChI is InChI=1S/C30H44O4S/c1-20(31)18-25(35(33,34)24-6-4-3-5-7-24)12-9-22-10-15-29-28-13-8-21-19-23(32)11-14-26(21)27(28)16-17-30(22,29)2/h3-8,20,22-23,25-29,31-32H,9-19H2,1-2H3/t20?,22-,23?,25?,26?,27?,28?,29?,30?/m0/s1. The zero-order chi connectivity index (χ0) is 24.8. The van der Waals surface area contributed by atoms with Crippen molar-refractivity contribution in [3.05, 3.63) is 42.0 Å². The van der Waals surface area contributed by atoms with E-state index in [1.54, 1.807) is 31.2 Å². The lowest BCUT2D eigenvalue weighted by Gasteiger charge is -2.54. The fraction of sp³-hybridized carbons (Fsp3) is 0.733. The Morgan fingerprint density at radius 3 is 2.57 bits per heavy atom. The van der Waals surface area contributed by atoms with Gasteiger partial charge in [-0.05, 0) is 125 Å². The van der Waals surface area contributed by atoms with Crippen LogP contribution in [0, 0.1) is 35.0 Å². The highest BCUT2D eigenvalue weighted by Gasteiger charge is 2.55. The topological polar surface area (TPSA) is 74.6 Å². The first kappa shape index (κ1) is 25.5. The van der Waals surface area contributed by atoms with Crippen LogP contribution in [-0.2, 0) is 9.84 Å². The van der Waals surface area contributed by atoms with Gasteiger partial charge in [0.05, 0.1) is 22.4 Å². The van der Waals surface area contributed by atoms with Gasteiger partial charge in [0.25, 0.3) is 0 Å². The summed E-state index contributed by atoms with van der Waals surface area (Å²) in [6, 6.07) is 8.79. The molecule has 0 spiro atoms. The van der Waals surface area contributed by atoms with E-state index in [4.69, 9.17) is 0 Å². The smallest absolute Gasteiger partial charge is 0.181 e. The normalized spacial score (nSPS) is 38.6. The van der Waals surface area contributed by atoms with Crippen LogP contribution in [0.1, 0.15) is 84.5 Å². The molecule has 3 saturated carbocycles. The number of sulfone groups is 1. The van der Waals surface area contributed by atoms with Crippen molar-refractivity contribution in [2.75, 3.05) is 0 Å². The Kier molecular flexibility index (Phi) is 7.24. The van der Waals surface area contributed by atoms with E-state index >= 15 is 0 Å². The molecular weight excluding hydrogens is 456 g/mol. The third kappa shape index (κ3) is 4.78. The number of hydrogen-bond acceptors (Lipinski definition) is 4. The van der Waals surface area contributed by atoms with Crippen LogP contribution >= 0.6 is 0 Å². The minimum absolute atomic E-state index is 0.138. The van der Waals surface area contributed by atoms with Gasteiger partial charge in [-0.25, -0.2) is 8.42 Å². The highest BCUT2D eigenvalue weighted by molar-refractivity contribution is 7.92. The van der Waals surface area contributed by atoms with Crippen LogP contribution in [0.4, 0.5) is 0 Å². The molecule has 3 fully saturated rings. The van der Waals surface area contributed by atoms with Crippen molar-refractivity contribution in [2.24, 2.45) is 35.0 Å². The predicted octanol–water partition coefficient (Wildman–Crippen LogP) is 5.93. The van der Waals surface area contributed by atoms with Gasteiger partial charge in [0.15, 0.2) is 9.84 Å². The Morgan fingerprint density at radius 2 is 1.83 bits per heavy atom. The predicted molar refractivity (Wildman–Crippen MR) is 140 cm³/mol. The van der Waals surface area contributed by atoms with Crippen molar-refractivity contribution < 1.29 is 18.6 Å². The van der Waals surface area contributed by atoms with Crippen LogP contribution in [0.2, 0.25) is 0 Å². The van der Waals surface area contributed by atoms with Crippen LogP contribution in [0.3, 0.4) is 0 Å². The first-order valence-electron chi connectivity index (χ1n) is 14.0. The fourth-order valence-electron chi connectivity index (χ4n) is 8.80. The summed E-state index contributed by atoms with van der Waals surface area (Å²) in [4.78, 5) is 0.379. The van der Waals surface area contributed by atoms with Gasteiger partial charge in [-0.15, -0.1) is 0 Å². The van der Waals surface area contributed by atoms with Gasteiger partial charge in [-0.3, -0.25) is 0 Å². The molecule has 5 heteroatoms. The third-order valence-electron chi connectivity index (χ3n) is 10.6. The molecule has 4 aliphatic rings. The molecule has 0 aromatic heterocycles. The van der Waals surface area contributed by atoms with Crippen molar-refractivity contribution in [3.63, 3.8) is 0 Å². The largest absolute Gasteiger partial charge is 0.393 e. The second-order valence-corrected chi connectivity index (χ2v) is 14.7. The van der Waals surface area contributed by atoms with E-state index in [1.807, 2.05) is 6.07 Å². The van der Waals surface area contributed by atoms with Gasteiger partial charge in [-0.1, -0.05) is 36.8 Å². The molecule has 0 heterocycles. The van der Waals surface area contributed by atoms with E-state index in [2.05, 4.69) is 13.0 Å². The van der Waals surface area contributed by atoms with Gasteiger partial charge in [0.1, 0.15) is 0 Å². The van der Waals surface area contributed by atoms with Gasteiger partial charge in [0, 0.05) is 0 Å². The maximum absolute atomic E-state index is 13.4. The number of aliphatic hydroxyl groups excluding tert-OH is 2. The number of benzene rings is 1. The molecule has 194 valence electrons. The van der Waals surface area contributed by atoms with Crippen molar-refractivity contribution in [1.29, 1.82) is 0 Å². The quantitative estimate of drug-likeness (QED) is 0.455. The minimum atomic E-state index is -3.46. The molecule has 0 amide bonds. The number of hydrogen-bond donors (Lipinski definition) is 2. The fourth-order valence-corrected chi connectivity index (χ4v) is 10.7. The summed E-state index contributed by atoms with van der Waals surface area (Å²) in [6.07, 6.45) is 12.8. The highest BCUT2D eigenvalue weighted by atomic mass is 32.2. The molecule has 1 aromatic rings. The Bertz CT molecular complexity index is 1020. The maximum atomic E-state index is 13.4. The zero-order valence-electron chi connectivity index (χ0n) is 21.5. The molecule has 35 heavy (non-hydrogen) atoms. The van der Waals surface area contributed by atoms with Crippen molar-refractivity contribution >= 4 is 9.84 Å². The molecule has 0 radical (unpaired) electrons. The number of fused-ring (bicyclic) bond motifs is 5. The molecule has 8 unspecified atom stereocenters. The third-order valence-corrected chi connectivity index (χ3v) is 12.8. The summed E-state index contributed by atoms with van der Waals surface area (Å²) < 4.78 is 26.9. The van der Waals surface area contributed by atoms with Gasteiger partial charge in [0.2, 0.25) is 0 Å². The van der Waals surface area contributed by atoms with Crippen molar-refractivity contribution in [3.8, 4) is 0 Å². The Balaban J connectivity index is 1.30. The molecule has 0 saturated heterocycles. The molecule has 5 rings (SSSR count). The van der Waals surface area contributed by atoms with Crippen molar-refractivity contribution in [1.82, 2.24) is 0 Å². The molecule has 9 atom stereocenters. The van der Waals surface area contributed by atoms with Crippen LogP contribution < -0.4 is 0 Å². The van der Waals surface area contributed by atoms with Crippen LogP contribution in [0.5, 0.6) is 0 Å². The molecule has 1 aromatic carbocycles. The summed E-state index contributed by atoms with van der Waals surface area (Å²) in [7, 11) is -3.46. The van der Waals surface area contributed by atoms with E-state index in [0.29, 0.717) is 35.0 Å². The van der Waals surface area contributed by atoms with Crippen LogP contribution in [0.15, 0.2) is 46.9 Å². The highest BCUT2D eigenvalue weighted by Crippen LogP contribution is 2.64. The number of aliphatic hydroxyl groups is 2. The van der Waals surface area contributed by atoms with E-state index in [-0.39, 0.29) is 6.10 Å². The van der Waals surface area contributed by atoms with Gasteiger partial charge >= 0.3 is 0 Å². The summed E-state index contributed by atoms with van der Waals surface area (Å²) in [5.74, 6) is 3.52. The summed E-state index contributed by atoms with van der Waals surface area (Å²) in [6.45, 7) is 4.21. The Hall–Kier alpha value is -1.17. The summed E-state index contributed by atoms with van der Waals surface area (Å²) >= 11 is 0. The van der Waals surface area contributed by atoms with E-state index in [1.165, 1.54) is 37.7 Å². The SMILES string of the molecule is CC(O)CC(CC[C@H]1CCC2C3CC=C4CC(O)CCC4C3CCC21C)S(=O)(=O)c1ccccc1. The molecular formula is C30H44O4S. The monoisotopic (exact) mass is 500 g/mol. The van der Waals surface area contributed by atoms with E-state index in [9.17, 15) is 18.6 Å². The summed E-state index contributed by atoms with van der Waals surface area (Å²) in [5, 5.41) is 19.7. The molecule has 4 aliphatic carbocycles. The second kappa shape index (κ2) is 9.95. The maximum Gasteiger partial charge on any atom is 0.181 e. The lowest BCUT2D eigenvalue weighted by atomic mass is 9.51. The van der Waals surface area contributed by atoms with Gasteiger partial charge in [-0.2, -0.15) is 0 Å². The first-order chi connectivity index (χ1) is 16.7. The van der Waals surface area contributed by atoms with E-state index < -0.39 is 21.2 Å². The molecule has 4 nitrogen and oxygen atoms in total. The lowest BCUT2D eigenvalue weighted by Crippen LogP contribution is -2.46. The van der Waals surface area contributed by atoms with Crippen LogP contribution in [-0.4, -0.2) is 36.1 Å². The average Bonchev–Trinajstić information content (AvgIpc) is 3.17. The molecule has 2 N–H and O–H groups in total. The minimum Gasteiger partial charge on any atom is -0.393 e. The number of rotatable bonds is 7. The summed E-state index contributed by atoms with van der Waals surface area (Å²) in [5.41, 5.74) is 1.84. The van der Waals surface area contributed by atoms with Crippen LogP contribution in [0.25, 0.3) is 0 Å². The Labute approximate surface area is 212 Å². The second-order valence-electron chi connectivity index (χ2n) is 12.5. The molecule has 0 bridgehead atoms. The Morgan fingerprint density at radius 1 is 1.06 bits per heavy atom. The first-order valence-corrected chi connectivity index (χ1v) is 15.6. The lowest BCUT2D eigenvalue weighted by molar-refractivity contribution is -0.0200. The zero-order valence-corrected chi connectivity index (χ0v) is 22.3. The molecule has 0 aliphatic heterocycles. The van der Waals surface area contributed by atoms with Crippen molar-refractivity contribution in [2.45, 2.75) is 107 Å². The average molecular weight is 501 g/mol. The number of allylic oxidation sites excluding steroid dienone is 1. The van der Waals surface area contributed by atoms with E-state index in [0.717, 1.165) is 43.4 Å².